The zero-order chi connectivity index (χ0) is 13.9. The van der Waals surface area contributed by atoms with Crippen molar-refractivity contribution in [3.63, 3.8) is 0 Å². The van der Waals surface area contributed by atoms with Crippen LogP contribution in [0.1, 0.15) is 17.8 Å². The molecule has 3 rings (SSSR count). The van der Waals surface area contributed by atoms with Crippen molar-refractivity contribution in [3.05, 3.63) is 63.1 Å². The van der Waals surface area contributed by atoms with E-state index < -0.39 is 0 Å². The number of rotatable bonds is 4. The molecule has 1 aromatic carbocycles. The zero-order valence-electron chi connectivity index (χ0n) is 11.0. The van der Waals surface area contributed by atoms with E-state index in [-0.39, 0.29) is 6.04 Å². The molecular weight excluding hydrogens is 306 g/mol. The number of halogens is 1. The van der Waals surface area contributed by atoms with E-state index >= 15 is 0 Å². The molecule has 2 aromatic heterocycles. The van der Waals surface area contributed by atoms with Crippen molar-refractivity contribution in [2.45, 2.75) is 13.0 Å². The van der Waals surface area contributed by atoms with Crippen LogP contribution in [0.5, 0.6) is 0 Å². The number of hydrogen-bond acceptors (Lipinski definition) is 3. The molecule has 1 unspecified atom stereocenters. The van der Waals surface area contributed by atoms with Crippen molar-refractivity contribution in [1.82, 2.24) is 0 Å². The molecule has 4 heteroatoms. The second-order valence-corrected chi connectivity index (χ2v) is 7.23. The lowest BCUT2D eigenvalue weighted by atomic mass is 10.1. The Morgan fingerprint density at radius 1 is 1.05 bits per heavy atom. The monoisotopic (exact) mass is 319 g/mol. The van der Waals surface area contributed by atoms with E-state index in [0.29, 0.717) is 0 Å². The molecule has 0 aliphatic carbocycles. The van der Waals surface area contributed by atoms with Gasteiger partial charge in [-0.15, -0.1) is 22.7 Å². The van der Waals surface area contributed by atoms with E-state index in [1.807, 2.05) is 6.07 Å². The van der Waals surface area contributed by atoms with Gasteiger partial charge in [0, 0.05) is 21.0 Å². The summed E-state index contributed by atoms with van der Waals surface area (Å²) in [6.45, 7) is 2.16. The summed E-state index contributed by atoms with van der Waals surface area (Å²) in [5, 5.41) is 5.69. The standard InChI is InChI=1S/C16H14ClNS2/c1-11(14-8-9-16(17)20-14)18-13-6-3-2-5-12(13)15-7-4-10-19-15/h2-11,18H,1H3. The molecule has 1 atom stereocenters. The van der Waals surface area contributed by atoms with Crippen LogP contribution in [0.3, 0.4) is 0 Å². The van der Waals surface area contributed by atoms with Crippen molar-refractivity contribution in [1.29, 1.82) is 0 Å². The van der Waals surface area contributed by atoms with Crippen molar-refractivity contribution in [3.8, 4) is 10.4 Å². The molecule has 0 bridgehead atoms. The second-order valence-electron chi connectivity index (χ2n) is 4.53. The fraction of sp³-hybridized carbons (Fsp3) is 0.125. The highest BCUT2D eigenvalue weighted by Gasteiger charge is 2.11. The van der Waals surface area contributed by atoms with Crippen LogP contribution in [0.2, 0.25) is 4.34 Å². The van der Waals surface area contributed by atoms with Gasteiger partial charge < -0.3 is 5.32 Å². The molecule has 0 fully saturated rings. The highest BCUT2D eigenvalue weighted by molar-refractivity contribution is 7.16. The lowest BCUT2D eigenvalue weighted by molar-refractivity contribution is 0.909. The third kappa shape index (κ3) is 2.90. The van der Waals surface area contributed by atoms with Gasteiger partial charge in [-0.3, -0.25) is 0 Å². The first-order valence-electron chi connectivity index (χ1n) is 6.39. The van der Waals surface area contributed by atoms with Crippen molar-refractivity contribution < 1.29 is 0 Å². The average molecular weight is 320 g/mol. The molecule has 0 radical (unpaired) electrons. The summed E-state index contributed by atoms with van der Waals surface area (Å²) in [6, 6.07) is 16.9. The van der Waals surface area contributed by atoms with Crippen LogP contribution < -0.4 is 5.32 Å². The number of benzene rings is 1. The number of nitrogens with one attached hydrogen (secondary N) is 1. The molecule has 0 saturated heterocycles. The molecule has 0 saturated carbocycles. The highest BCUT2D eigenvalue weighted by Crippen LogP contribution is 2.35. The number of para-hydroxylation sites is 1. The predicted molar refractivity (Wildman–Crippen MR) is 91.1 cm³/mol. The predicted octanol–water partition coefficient (Wildman–Crippen LogP) is 6.30. The molecule has 0 aliphatic rings. The summed E-state index contributed by atoms with van der Waals surface area (Å²) in [5.74, 6) is 0. The minimum atomic E-state index is 0.244. The molecule has 0 aliphatic heterocycles. The van der Waals surface area contributed by atoms with Crippen molar-refractivity contribution >= 4 is 40.0 Å². The fourth-order valence-electron chi connectivity index (χ4n) is 2.12. The van der Waals surface area contributed by atoms with Gasteiger partial charge in [-0.2, -0.15) is 0 Å². The van der Waals surface area contributed by atoms with Crippen LogP contribution in [-0.2, 0) is 0 Å². The fourth-order valence-corrected chi connectivity index (χ4v) is 3.95. The summed E-state index contributed by atoms with van der Waals surface area (Å²) in [6.07, 6.45) is 0. The number of hydrogen-bond donors (Lipinski definition) is 1. The van der Waals surface area contributed by atoms with Gasteiger partial charge in [-0.05, 0) is 36.6 Å². The van der Waals surface area contributed by atoms with Crippen LogP contribution >= 0.6 is 34.3 Å². The minimum Gasteiger partial charge on any atom is -0.377 e. The molecule has 1 N–H and O–H groups in total. The van der Waals surface area contributed by atoms with E-state index in [0.717, 1.165) is 10.0 Å². The van der Waals surface area contributed by atoms with Gasteiger partial charge in [0.2, 0.25) is 0 Å². The number of anilines is 1. The number of thiophene rings is 2. The summed E-state index contributed by atoms with van der Waals surface area (Å²) in [4.78, 5) is 2.53. The maximum Gasteiger partial charge on any atom is 0.0932 e. The van der Waals surface area contributed by atoms with Crippen LogP contribution in [0.25, 0.3) is 10.4 Å². The van der Waals surface area contributed by atoms with E-state index in [1.54, 1.807) is 22.7 Å². The Morgan fingerprint density at radius 3 is 2.60 bits per heavy atom. The van der Waals surface area contributed by atoms with E-state index in [2.05, 4.69) is 60.1 Å². The van der Waals surface area contributed by atoms with Gasteiger partial charge in [0.1, 0.15) is 0 Å². The van der Waals surface area contributed by atoms with Gasteiger partial charge in [0.15, 0.2) is 0 Å². The SMILES string of the molecule is CC(Nc1ccccc1-c1cccs1)c1ccc(Cl)s1. The zero-order valence-corrected chi connectivity index (χ0v) is 13.4. The lowest BCUT2D eigenvalue weighted by Crippen LogP contribution is -2.05. The van der Waals surface area contributed by atoms with Gasteiger partial charge in [0.05, 0.1) is 10.4 Å². The Kier molecular flexibility index (Phi) is 4.10. The summed E-state index contributed by atoms with van der Waals surface area (Å²) < 4.78 is 0.834. The smallest absolute Gasteiger partial charge is 0.0932 e. The van der Waals surface area contributed by atoms with Crippen LogP contribution in [0.4, 0.5) is 5.69 Å². The van der Waals surface area contributed by atoms with Gasteiger partial charge in [0.25, 0.3) is 0 Å². The Balaban J connectivity index is 1.88. The topological polar surface area (TPSA) is 12.0 Å². The molecule has 102 valence electrons. The average Bonchev–Trinajstić information content (AvgIpc) is 3.10. The first kappa shape index (κ1) is 13.7. The normalized spacial score (nSPS) is 12.3. The second kappa shape index (κ2) is 6.00. The molecular formula is C16H14ClNS2. The Morgan fingerprint density at radius 2 is 1.90 bits per heavy atom. The summed E-state index contributed by atoms with van der Waals surface area (Å²) >= 11 is 9.40. The minimum absolute atomic E-state index is 0.244. The molecule has 20 heavy (non-hydrogen) atoms. The maximum absolute atomic E-state index is 6.01. The summed E-state index contributed by atoms with van der Waals surface area (Å²) in [7, 11) is 0. The van der Waals surface area contributed by atoms with Crippen molar-refractivity contribution in [2.24, 2.45) is 0 Å². The third-order valence-electron chi connectivity index (χ3n) is 3.11. The molecule has 3 aromatic rings. The quantitative estimate of drug-likeness (QED) is 0.594. The largest absolute Gasteiger partial charge is 0.377 e. The highest BCUT2D eigenvalue weighted by atomic mass is 35.5. The summed E-state index contributed by atoms with van der Waals surface area (Å²) in [5.41, 5.74) is 2.41. The van der Waals surface area contributed by atoms with Crippen molar-refractivity contribution in [2.75, 3.05) is 5.32 Å². The van der Waals surface area contributed by atoms with E-state index in [9.17, 15) is 0 Å². The molecule has 0 spiro atoms. The van der Waals surface area contributed by atoms with E-state index in [1.165, 1.54) is 15.3 Å². The first-order chi connectivity index (χ1) is 9.74. The van der Waals surface area contributed by atoms with Crippen LogP contribution in [-0.4, -0.2) is 0 Å². The van der Waals surface area contributed by atoms with Crippen LogP contribution in [0.15, 0.2) is 53.9 Å². The van der Waals surface area contributed by atoms with Crippen LogP contribution in [0, 0.1) is 0 Å². The molecule has 1 nitrogen and oxygen atoms in total. The van der Waals surface area contributed by atoms with Gasteiger partial charge in [-0.1, -0.05) is 35.9 Å². The van der Waals surface area contributed by atoms with Gasteiger partial charge >= 0.3 is 0 Å². The Hall–Kier alpha value is -1.29. The Bertz CT molecular complexity index is 688. The Labute approximate surface area is 131 Å². The molecule has 2 heterocycles. The third-order valence-corrected chi connectivity index (χ3v) is 5.42. The maximum atomic E-state index is 6.01. The lowest BCUT2D eigenvalue weighted by Gasteiger charge is -2.16. The van der Waals surface area contributed by atoms with Gasteiger partial charge in [-0.25, -0.2) is 0 Å². The van der Waals surface area contributed by atoms with E-state index in [4.69, 9.17) is 11.6 Å². The first-order valence-corrected chi connectivity index (χ1v) is 8.46. The molecule has 0 amide bonds.